The fourth-order valence-corrected chi connectivity index (χ4v) is 1.37. The molecule has 0 aromatic rings. The molecule has 5 heteroatoms. The molecule has 0 saturated heterocycles. The largest absolute Gasteiger partial charge is 0.468 e. The van der Waals surface area contributed by atoms with Gasteiger partial charge in [0, 0.05) is 0 Å². The summed E-state index contributed by atoms with van der Waals surface area (Å²) in [6.07, 6.45) is 2.55. The number of hydrogen-bond donors (Lipinski definition) is 1. The molecular weight excluding hydrogens is 210 g/mol. The zero-order valence-electron chi connectivity index (χ0n) is 10.4. The minimum Gasteiger partial charge on any atom is -0.468 e. The van der Waals surface area contributed by atoms with E-state index in [0.29, 0.717) is 6.42 Å². The Balaban J connectivity index is 4.29. The molecule has 0 aromatic carbocycles. The third kappa shape index (κ3) is 5.11. The highest BCUT2D eigenvalue weighted by molar-refractivity contribution is 5.79. The van der Waals surface area contributed by atoms with Crippen LogP contribution in [-0.4, -0.2) is 38.2 Å². The van der Waals surface area contributed by atoms with Gasteiger partial charge in [-0.05, 0) is 13.3 Å². The number of ether oxygens (including phenoxy) is 2. The highest BCUT2D eigenvalue weighted by atomic mass is 16.5. The number of rotatable bonds is 7. The minimum atomic E-state index is -0.508. The predicted molar refractivity (Wildman–Crippen MR) is 59.9 cm³/mol. The van der Waals surface area contributed by atoms with Gasteiger partial charge in [0.2, 0.25) is 0 Å². The lowest BCUT2D eigenvalue weighted by Gasteiger charge is -2.19. The third-order valence-corrected chi connectivity index (χ3v) is 2.34. The lowest BCUT2D eigenvalue weighted by Crippen LogP contribution is -2.46. The van der Waals surface area contributed by atoms with Gasteiger partial charge < -0.3 is 9.47 Å². The van der Waals surface area contributed by atoms with Crippen molar-refractivity contribution in [2.24, 2.45) is 0 Å². The molecule has 0 aliphatic heterocycles. The maximum absolute atomic E-state index is 11.4. The van der Waals surface area contributed by atoms with Gasteiger partial charge >= 0.3 is 11.9 Å². The fourth-order valence-electron chi connectivity index (χ4n) is 1.37. The molecule has 0 fully saturated rings. The average molecular weight is 231 g/mol. The number of unbranched alkanes of at least 4 members (excludes halogenated alkanes) is 1. The van der Waals surface area contributed by atoms with Crippen LogP contribution in [0.4, 0.5) is 0 Å². The highest BCUT2D eigenvalue weighted by Gasteiger charge is 2.23. The van der Waals surface area contributed by atoms with Gasteiger partial charge in [-0.3, -0.25) is 14.9 Å². The topological polar surface area (TPSA) is 64.6 Å². The van der Waals surface area contributed by atoms with Crippen molar-refractivity contribution in [3.05, 3.63) is 0 Å². The van der Waals surface area contributed by atoms with Gasteiger partial charge in [-0.15, -0.1) is 0 Å². The fraction of sp³-hybridized carbons (Fsp3) is 0.818. The number of nitrogens with one attached hydrogen (secondary N) is 1. The van der Waals surface area contributed by atoms with Crippen LogP contribution in [0.3, 0.4) is 0 Å². The molecule has 16 heavy (non-hydrogen) atoms. The lowest BCUT2D eigenvalue weighted by atomic mass is 10.1. The molecule has 2 unspecified atom stereocenters. The van der Waals surface area contributed by atoms with Crippen LogP contribution in [0.25, 0.3) is 0 Å². The molecule has 0 saturated carbocycles. The number of carbonyl (C=O) groups is 2. The van der Waals surface area contributed by atoms with Crippen molar-refractivity contribution < 1.29 is 19.1 Å². The van der Waals surface area contributed by atoms with E-state index in [4.69, 9.17) is 0 Å². The van der Waals surface area contributed by atoms with Gasteiger partial charge in [0.1, 0.15) is 12.1 Å². The molecule has 0 bridgehead atoms. The summed E-state index contributed by atoms with van der Waals surface area (Å²) in [4.78, 5) is 22.6. The van der Waals surface area contributed by atoms with Crippen molar-refractivity contribution in [1.29, 1.82) is 0 Å². The normalized spacial score (nSPS) is 14.0. The molecule has 0 spiro atoms. The number of esters is 2. The molecule has 0 amide bonds. The lowest BCUT2D eigenvalue weighted by molar-refractivity contribution is -0.146. The molecule has 94 valence electrons. The summed E-state index contributed by atoms with van der Waals surface area (Å²) in [7, 11) is 2.66. The molecule has 1 N–H and O–H groups in total. The molecule has 0 aromatic heterocycles. The summed E-state index contributed by atoms with van der Waals surface area (Å²) < 4.78 is 9.25. The van der Waals surface area contributed by atoms with E-state index in [1.807, 2.05) is 6.92 Å². The Kier molecular flexibility index (Phi) is 7.54. The van der Waals surface area contributed by atoms with Crippen LogP contribution in [0.5, 0.6) is 0 Å². The first kappa shape index (κ1) is 14.9. The average Bonchev–Trinajstić information content (AvgIpc) is 2.31. The molecule has 0 aliphatic rings. The van der Waals surface area contributed by atoms with Crippen LogP contribution >= 0.6 is 0 Å². The van der Waals surface area contributed by atoms with E-state index >= 15 is 0 Å². The summed E-state index contributed by atoms with van der Waals surface area (Å²) >= 11 is 0. The van der Waals surface area contributed by atoms with E-state index < -0.39 is 12.1 Å². The van der Waals surface area contributed by atoms with Gasteiger partial charge in [-0.2, -0.15) is 0 Å². The second kappa shape index (κ2) is 8.10. The SMILES string of the molecule is CCCCC(NC(C)C(=O)OC)C(=O)OC. The minimum absolute atomic E-state index is 0.343. The first-order chi connectivity index (χ1) is 7.56. The summed E-state index contributed by atoms with van der Waals surface area (Å²) in [6.45, 7) is 3.70. The van der Waals surface area contributed by atoms with E-state index in [0.717, 1.165) is 12.8 Å². The monoisotopic (exact) mass is 231 g/mol. The van der Waals surface area contributed by atoms with Crippen LogP contribution in [0.2, 0.25) is 0 Å². The highest BCUT2D eigenvalue weighted by Crippen LogP contribution is 2.04. The third-order valence-electron chi connectivity index (χ3n) is 2.34. The molecule has 0 rings (SSSR count). The van der Waals surface area contributed by atoms with Crippen molar-refractivity contribution in [3.63, 3.8) is 0 Å². The van der Waals surface area contributed by atoms with Crippen LogP contribution in [0.1, 0.15) is 33.1 Å². The Morgan fingerprint density at radius 3 is 2.19 bits per heavy atom. The molecule has 0 heterocycles. The van der Waals surface area contributed by atoms with Gasteiger partial charge in [0.15, 0.2) is 0 Å². The Morgan fingerprint density at radius 1 is 1.19 bits per heavy atom. The standard InChI is InChI=1S/C11H21NO4/c1-5-6-7-9(11(14)16-4)12-8(2)10(13)15-3/h8-9,12H,5-7H2,1-4H3. The second-order valence-corrected chi connectivity index (χ2v) is 3.63. The summed E-state index contributed by atoms with van der Waals surface area (Å²) in [5.74, 6) is -0.727. The van der Waals surface area contributed by atoms with Crippen LogP contribution in [0, 0.1) is 0 Å². The van der Waals surface area contributed by atoms with Crippen LogP contribution < -0.4 is 5.32 Å². The van der Waals surface area contributed by atoms with E-state index in [9.17, 15) is 9.59 Å². The van der Waals surface area contributed by atoms with Gasteiger partial charge in [-0.25, -0.2) is 0 Å². The van der Waals surface area contributed by atoms with Gasteiger partial charge in [-0.1, -0.05) is 19.8 Å². The van der Waals surface area contributed by atoms with Crippen LogP contribution in [0.15, 0.2) is 0 Å². The van der Waals surface area contributed by atoms with E-state index in [1.54, 1.807) is 6.92 Å². The molecule has 2 atom stereocenters. The van der Waals surface area contributed by atoms with E-state index in [-0.39, 0.29) is 11.9 Å². The predicted octanol–water partition coefficient (Wildman–Crippen LogP) is 0.869. The van der Waals surface area contributed by atoms with Gasteiger partial charge in [0.25, 0.3) is 0 Å². The molecule has 0 radical (unpaired) electrons. The van der Waals surface area contributed by atoms with E-state index in [1.165, 1.54) is 14.2 Å². The molecule has 0 aliphatic carbocycles. The number of hydrogen-bond acceptors (Lipinski definition) is 5. The first-order valence-corrected chi connectivity index (χ1v) is 5.48. The smallest absolute Gasteiger partial charge is 0.322 e. The summed E-state index contributed by atoms with van der Waals surface area (Å²) in [5.41, 5.74) is 0. The van der Waals surface area contributed by atoms with Crippen molar-refractivity contribution in [2.45, 2.75) is 45.2 Å². The number of carbonyl (C=O) groups excluding carboxylic acids is 2. The van der Waals surface area contributed by atoms with Crippen molar-refractivity contribution in [2.75, 3.05) is 14.2 Å². The van der Waals surface area contributed by atoms with Crippen molar-refractivity contribution >= 4 is 11.9 Å². The Bertz CT molecular complexity index is 230. The van der Waals surface area contributed by atoms with Crippen LogP contribution in [-0.2, 0) is 19.1 Å². The van der Waals surface area contributed by atoms with E-state index in [2.05, 4.69) is 14.8 Å². The zero-order chi connectivity index (χ0) is 12.6. The maximum Gasteiger partial charge on any atom is 0.322 e. The quantitative estimate of drug-likeness (QED) is 0.659. The second-order valence-electron chi connectivity index (χ2n) is 3.63. The molecular formula is C11H21NO4. The Morgan fingerprint density at radius 2 is 1.75 bits per heavy atom. The maximum atomic E-state index is 11.4. The Labute approximate surface area is 96.5 Å². The van der Waals surface area contributed by atoms with Crippen molar-refractivity contribution in [3.8, 4) is 0 Å². The Hall–Kier alpha value is -1.10. The van der Waals surface area contributed by atoms with Gasteiger partial charge in [0.05, 0.1) is 14.2 Å². The summed E-state index contributed by atoms with van der Waals surface area (Å²) in [6, 6.07) is -0.954. The number of methoxy groups -OCH3 is 2. The summed E-state index contributed by atoms with van der Waals surface area (Å²) in [5, 5.41) is 2.90. The molecule has 5 nitrogen and oxygen atoms in total. The zero-order valence-corrected chi connectivity index (χ0v) is 10.4. The first-order valence-electron chi connectivity index (χ1n) is 5.48. The van der Waals surface area contributed by atoms with Crippen molar-refractivity contribution in [1.82, 2.24) is 5.32 Å².